The summed E-state index contributed by atoms with van der Waals surface area (Å²) >= 11 is 0. The lowest BCUT2D eigenvalue weighted by molar-refractivity contribution is 0.953. The number of rotatable bonds is 8. The largest absolute Gasteiger partial charge is 0.309 e. The van der Waals surface area contributed by atoms with Crippen LogP contribution in [-0.4, -0.2) is 43.6 Å². The van der Waals surface area contributed by atoms with E-state index >= 15 is 0 Å². The van der Waals surface area contributed by atoms with E-state index in [2.05, 4.69) is 165 Å². The number of hydrogen-bond acceptors (Lipinski definition) is 6. The van der Waals surface area contributed by atoms with Crippen LogP contribution in [0.4, 0.5) is 0 Å². The van der Waals surface area contributed by atoms with Crippen molar-refractivity contribution < 1.29 is 0 Å². The third-order valence-corrected chi connectivity index (χ3v) is 14.3. The number of benzene rings is 10. The second kappa shape index (κ2) is 17.1. The molecule has 0 aliphatic carbocycles. The number of hydrogen-bond donors (Lipinski definition) is 0. The lowest BCUT2D eigenvalue weighted by atomic mass is 10.1. The van der Waals surface area contributed by atoms with Gasteiger partial charge in [0.1, 0.15) is 0 Å². The van der Waals surface area contributed by atoms with Crippen LogP contribution in [0.3, 0.4) is 0 Å². The minimum Gasteiger partial charge on any atom is -0.309 e. The summed E-state index contributed by atoms with van der Waals surface area (Å²) < 4.78 is 7.13. The van der Waals surface area contributed by atoms with Gasteiger partial charge in [0.2, 0.25) is 5.95 Å². The van der Waals surface area contributed by atoms with Crippen molar-refractivity contribution in [2.24, 2.45) is 0 Å². The van der Waals surface area contributed by atoms with E-state index in [0.717, 1.165) is 93.8 Å². The Balaban J connectivity index is 1.05. The molecule has 15 aromatic rings. The first-order valence-electron chi connectivity index (χ1n) is 25.0. The fourth-order valence-electron chi connectivity index (χ4n) is 11.0. The maximum absolute atomic E-state index is 5.56. The van der Waals surface area contributed by atoms with Gasteiger partial charge in [-0.25, -0.2) is 19.9 Å². The van der Waals surface area contributed by atoms with Crippen LogP contribution < -0.4 is 0 Å². The van der Waals surface area contributed by atoms with Gasteiger partial charge in [0, 0.05) is 65.8 Å². The average molecular weight is 960 g/mol. The Morgan fingerprint density at radius 2 is 0.600 bits per heavy atom. The molecule has 350 valence electrons. The molecule has 0 atom stereocenters. The highest BCUT2D eigenvalue weighted by Gasteiger charge is 2.28. The second-order valence-corrected chi connectivity index (χ2v) is 18.7. The third kappa shape index (κ3) is 6.86. The van der Waals surface area contributed by atoms with E-state index in [1.807, 2.05) is 97.1 Å². The van der Waals surface area contributed by atoms with Crippen molar-refractivity contribution >= 4 is 65.4 Å². The van der Waals surface area contributed by atoms with Crippen molar-refractivity contribution in [3.8, 4) is 74.3 Å². The molecule has 5 heterocycles. The van der Waals surface area contributed by atoms with Crippen LogP contribution in [0.15, 0.2) is 249 Å². The van der Waals surface area contributed by atoms with Crippen LogP contribution in [0, 0.1) is 0 Å². The van der Waals surface area contributed by atoms with Gasteiger partial charge in [0.15, 0.2) is 29.1 Å². The Labute approximate surface area is 430 Å². The van der Waals surface area contributed by atoms with Crippen molar-refractivity contribution in [1.29, 1.82) is 0 Å². The van der Waals surface area contributed by atoms with Gasteiger partial charge in [-0.1, -0.05) is 200 Å². The fourth-order valence-corrected chi connectivity index (χ4v) is 11.0. The summed E-state index contributed by atoms with van der Waals surface area (Å²) in [6.45, 7) is 0. The van der Waals surface area contributed by atoms with Crippen LogP contribution in [0.5, 0.6) is 0 Å². The smallest absolute Gasteiger partial charge is 0.238 e. The Bertz CT molecular complexity index is 4590. The zero-order chi connectivity index (χ0) is 49.4. The number of nitrogens with zero attached hydrogens (tertiary/aromatic N) is 9. The molecule has 10 aromatic carbocycles. The van der Waals surface area contributed by atoms with E-state index in [-0.39, 0.29) is 0 Å². The predicted molar refractivity (Wildman–Crippen MR) is 303 cm³/mol. The van der Waals surface area contributed by atoms with Crippen molar-refractivity contribution in [2.45, 2.75) is 0 Å². The van der Waals surface area contributed by atoms with Crippen LogP contribution in [0.25, 0.3) is 140 Å². The molecule has 9 nitrogen and oxygen atoms in total. The predicted octanol–water partition coefficient (Wildman–Crippen LogP) is 15.7. The number of aromatic nitrogens is 9. The number of para-hydroxylation sites is 5. The van der Waals surface area contributed by atoms with E-state index in [1.165, 1.54) is 10.8 Å². The van der Waals surface area contributed by atoms with Gasteiger partial charge >= 0.3 is 0 Å². The number of fused-ring (bicyclic) bond motifs is 10. The van der Waals surface area contributed by atoms with Crippen molar-refractivity contribution in [1.82, 2.24) is 43.6 Å². The summed E-state index contributed by atoms with van der Waals surface area (Å²) in [5.74, 6) is 3.25. The molecule has 15 rings (SSSR count). The molecule has 5 aromatic heterocycles. The summed E-state index contributed by atoms with van der Waals surface area (Å²) in [6.07, 6.45) is 0. The lowest BCUT2D eigenvalue weighted by Gasteiger charge is -2.16. The highest BCUT2D eigenvalue weighted by atomic mass is 15.2. The highest BCUT2D eigenvalue weighted by Crippen LogP contribution is 2.46. The SMILES string of the molecule is c1ccc(-c2nc(-c3ccccc3)nc(-c3cccc(-c4nc(-c5ccccc5)nc(-n5c6ccccc6c6c(-n7c8ccccc8c8ccccc87)cc7c8ccccc8n(-c8ccccc8)c7c65)n4)c3)n2)cc1. The minimum absolute atomic E-state index is 0.485. The van der Waals surface area contributed by atoms with E-state index < -0.39 is 0 Å². The quantitative estimate of drug-likeness (QED) is 0.151. The van der Waals surface area contributed by atoms with Gasteiger partial charge in [0.25, 0.3) is 0 Å². The van der Waals surface area contributed by atoms with E-state index in [9.17, 15) is 0 Å². The summed E-state index contributed by atoms with van der Waals surface area (Å²) in [5, 5.41) is 6.78. The Morgan fingerprint density at radius 1 is 0.240 bits per heavy atom. The molecule has 0 bridgehead atoms. The minimum atomic E-state index is 0.485. The molecule has 0 saturated carbocycles. The normalized spacial score (nSPS) is 11.7. The molecular formula is C66H41N9. The molecule has 0 radical (unpaired) electrons. The van der Waals surface area contributed by atoms with Gasteiger partial charge in [-0.15, -0.1) is 0 Å². The zero-order valence-corrected chi connectivity index (χ0v) is 40.2. The Kier molecular flexibility index (Phi) is 9.67. The molecule has 0 aliphatic heterocycles. The molecule has 0 amide bonds. The molecule has 0 aliphatic rings. The molecular weight excluding hydrogens is 919 g/mol. The van der Waals surface area contributed by atoms with Gasteiger partial charge < -0.3 is 9.13 Å². The summed E-state index contributed by atoms with van der Waals surface area (Å²) in [5.41, 5.74) is 12.7. The van der Waals surface area contributed by atoms with Crippen LogP contribution in [-0.2, 0) is 0 Å². The average Bonchev–Trinajstić information content (AvgIpc) is 4.26. The first kappa shape index (κ1) is 42.3. The maximum Gasteiger partial charge on any atom is 0.238 e. The monoisotopic (exact) mass is 959 g/mol. The summed E-state index contributed by atoms with van der Waals surface area (Å²) in [6, 6.07) is 86.3. The molecule has 75 heavy (non-hydrogen) atoms. The van der Waals surface area contributed by atoms with Crippen molar-refractivity contribution in [3.05, 3.63) is 249 Å². The molecule has 0 spiro atoms. The van der Waals surface area contributed by atoms with Crippen molar-refractivity contribution in [2.75, 3.05) is 0 Å². The fraction of sp³-hybridized carbons (Fsp3) is 0. The first-order chi connectivity index (χ1) is 37.2. The Hall–Kier alpha value is -10.4. The lowest BCUT2D eigenvalue weighted by Crippen LogP contribution is -2.07. The van der Waals surface area contributed by atoms with E-state index in [4.69, 9.17) is 29.9 Å². The third-order valence-electron chi connectivity index (χ3n) is 14.3. The van der Waals surface area contributed by atoms with Gasteiger partial charge in [-0.3, -0.25) is 4.57 Å². The van der Waals surface area contributed by atoms with E-state index in [0.29, 0.717) is 35.1 Å². The van der Waals surface area contributed by atoms with E-state index in [1.54, 1.807) is 0 Å². The molecule has 0 N–H and O–H groups in total. The second-order valence-electron chi connectivity index (χ2n) is 18.7. The first-order valence-corrected chi connectivity index (χ1v) is 25.0. The van der Waals surface area contributed by atoms with Crippen LogP contribution >= 0.6 is 0 Å². The highest BCUT2D eigenvalue weighted by molar-refractivity contribution is 6.27. The zero-order valence-electron chi connectivity index (χ0n) is 40.2. The molecule has 0 saturated heterocycles. The molecule has 0 fully saturated rings. The standard InChI is InChI=1S/C66H41N9/c1-5-22-42(23-6-1)61-67-62(43-24-7-2-8-25-43)69-64(68-61)45-28-21-29-46(40-45)65-70-63(44-26-9-3-10-27-44)71-66(72-65)75-56-39-20-16-35-51(56)58-57(74-54-37-18-13-32-48(54)49-33-14-19-38-55(49)74)41-52-50-34-15-17-36-53(50)73(59(52)60(58)75)47-30-11-4-12-31-47/h1-41H. The summed E-state index contributed by atoms with van der Waals surface area (Å²) in [4.78, 5) is 31.5. The topological polar surface area (TPSA) is 92.1 Å². The molecule has 9 heteroatoms. The van der Waals surface area contributed by atoms with Crippen LogP contribution in [0.1, 0.15) is 0 Å². The maximum atomic E-state index is 5.56. The van der Waals surface area contributed by atoms with Gasteiger partial charge in [-0.05, 0) is 48.5 Å². The van der Waals surface area contributed by atoms with Gasteiger partial charge in [0.05, 0.1) is 38.8 Å². The summed E-state index contributed by atoms with van der Waals surface area (Å²) in [7, 11) is 0. The van der Waals surface area contributed by atoms with Gasteiger partial charge in [-0.2, -0.15) is 9.97 Å². The Morgan fingerprint density at radius 3 is 1.11 bits per heavy atom. The van der Waals surface area contributed by atoms with Crippen LogP contribution in [0.2, 0.25) is 0 Å². The molecule has 0 unspecified atom stereocenters. The van der Waals surface area contributed by atoms with Crippen molar-refractivity contribution in [3.63, 3.8) is 0 Å².